The highest BCUT2D eigenvalue weighted by Crippen LogP contribution is 2.24. The average Bonchev–Trinajstić information content (AvgIpc) is 2.48. The van der Waals surface area contributed by atoms with Gasteiger partial charge in [0.25, 0.3) is 0 Å². The molecule has 1 amide bonds. The Balaban J connectivity index is 2.16. The molecule has 21 heavy (non-hydrogen) atoms. The normalized spacial score (nSPS) is 20.2. The first-order chi connectivity index (χ1) is 9.95. The number of nitrogens with one attached hydrogen (secondary N) is 1. The first kappa shape index (κ1) is 16.0. The molecule has 116 valence electrons. The summed E-state index contributed by atoms with van der Waals surface area (Å²) in [6.45, 7) is 5.10. The summed E-state index contributed by atoms with van der Waals surface area (Å²) in [6, 6.07) is 6.83. The molecule has 5 nitrogen and oxygen atoms in total. The smallest absolute Gasteiger partial charge is 0.243 e. The van der Waals surface area contributed by atoms with Crippen LogP contribution in [0.2, 0.25) is 0 Å². The van der Waals surface area contributed by atoms with E-state index in [0.717, 1.165) is 12.0 Å². The van der Waals surface area contributed by atoms with Crippen molar-refractivity contribution < 1.29 is 13.2 Å². The fourth-order valence-corrected chi connectivity index (χ4v) is 4.08. The lowest BCUT2D eigenvalue weighted by Crippen LogP contribution is -2.45. The monoisotopic (exact) mass is 310 g/mol. The van der Waals surface area contributed by atoms with Gasteiger partial charge in [-0.05, 0) is 38.8 Å². The Morgan fingerprint density at radius 2 is 2.00 bits per heavy atom. The van der Waals surface area contributed by atoms with E-state index in [1.807, 2.05) is 13.8 Å². The number of piperidine rings is 1. The van der Waals surface area contributed by atoms with Gasteiger partial charge in [-0.1, -0.05) is 17.7 Å². The van der Waals surface area contributed by atoms with Crippen molar-refractivity contribution in [3.63, 3.8) is 0 Å². The van der Waals surface area contributed by atoms with Gasteiger partial charge < -0.3 is 5.32 Å². The molecule has 1 heterocycles. The minimum atomic E-state index is -3.51. The van der Waals surface area contributed by atoms with E-state index in [1.54, 1.807) is 24.3 Å². The van der Waals surface area contributed by atoms with E-state index in [-0.39, 0.29) is 18.4 Å². The summed E-state index contributed by atoms with van der Waals surface area (Å²) in [5.74, 6) is -0.305. The number of amides is 1. The van der Waals surface area contributed by atoms with Gasteiger partial charge >= 0.3 is 0 Å². The van der Waals surface area contributed by atoms with E-state index in [4.69, 9.17) is 0 Å². The first-order valence-electron chi connectivity index (χ1n) is 7.29. The minimum Gasteiger partial charge on any atom is -0.356 e. The third-order valence-electron chi connectivity index (χ3n) is 3.76. The maximum atomic E-state index is 12.6. The Morgan fingerprint density at radius 1 is 1.33 bits per heavy atom. The minimum absolute atomic E-state index is 0.0543. The van der Waals surface area contributed by atoms with E-state index in [0.29, 0.717) is 24.4 Å². The van der Waals surface area contributed by atoms with Crippen molar-refractivity contribution in [2.45, 2.75) is 31.6 Å². The molecule has 0 aliphatic carbocycles. The Hall–Kier alpha value is -1.40. The fraction of sp³-hybridized carbons (Fsp3) is 0.533. The second kappa shape index (κ2) is 6.58. The summed E-state index contributed by atoms with van der Waals surface area (Å²) in [5.41, 5.74) is 1.02. The number of aryl methyl sites for hydroxylation is 1. The number of carbonyl (C=O) groups excluding carboxylic acids is 1. The van der Waals surface area contributed by atoms with Crippen molar-refractivity contribution in [1.82, 2.24) is 9.62 Å². The van der Waals surface area contributed by atoms with Crippen LogP contribution in [0.5, 0.6) is 0 Å². The topological polar surface area (TPSA) is 66.5 Å². The number of hydrogen-bond acceptors (Lipinski definition) is 3. The summed E-state index contributed by atoms with van der Waals surface area (Å²) in [7, 11) is -3.51. The number of carbonyl (C=O) groups is 1. The maximum Gasteiger partial charge on any atom is 0.243 e. The standard InChI is InChI=1S/C15H22N2O3S/c1-3-16-15(18)13-5-4-10-17(11-13)21(19,20)14-8-6-12(2)7-9-14/h6-9,13H,3-5,10-11H2,1-2H3,(H,16,18)/t13-/m1/s1. The van der Waals surface area contributed by atoms with Gasteiger partial charge in [-0.25, -0.2) is 8.42 Å². The molecule has 0 saturated carbocycles. The molecule has 1 aromatic rings. The van der Waals surface area contributed by atoms with E-state index in [9.17, 15) is 13.2 Å². The molecular formula is C15H22N2O3S. The van der Waals surface area contributed by atoms with Crippen LogP contribution in [0.25, 0.3) is 0 Å². The second-order valence-electron chi connectivity index (χ2n) is 5.41. The molecule has 1 aliphatic rings. The predicted molar refractivity (Wildman–Crippen MR) is 81.3 cm³/mol. The summed E-state index contributed by atoms with van der Waals surface area (Å²) in [6.07, 6.45) is 1.46. The van der Waals surface area contributed by atoms with Crippen molar-refractivity contribution in [1.29, 1.82) is 0 Å². The van der Waals surface area contributed by atoms with Gasteiger partial charge in [-0.15, -0.1) is 0 Å². The van der Waals surface area contributed by atoms with Crippen LogP contribution >= 0.6 is 0 Å². The summed E-state index contributed by atoms with van der Waals surface area (Å²) >= 11 is 0. The fourth-order valence-electron chi connectivity index (χ4n) is 2.55. The van der Waals surface area contributed by atoms with Gasteiger partial charge in [0.1, 0.15) is 0 Å². The highest BCUT2D eigenvalue weighted by Gasteiger charge is 2.32. The van der Waals surface area contributed by atoms with Crippen LogP contribution in [-0.4, -0.2) is 38.3 Å². The van der Waals surface area contributed by atoms with Crippen LogP contribution in [0, 0.1) is 12.8 Å². The Kier molecular flexibility index (Phi) is 5.00. The maximum absolute atomic E-state index is 12.6. The number of sulfonamides is 1. The molecular weight excluding hydrogens is 288 g/mol. The van der Waals surface area contributed by atoms with Gasteiger partial charge in [-0.3, -0.25) is 4.79 Å². The largest absolute Gasteiger partial charge is 0.356 e. The van der Waals surface area contributed by atoms with Crippen molar-refractivity contribution in [3.05, 3.63) is 29.8 Å². The van der Waals surface area contributed by atoms with Crippen LogP contribution in [0.1, 0.15) is 25.3 Å². The van der Waals surface area contributed by atoms with E-state index in [2.05, 4.69) is 5.32 Å². The molecule has 1 atom stereocenters. The summed E-state index contributed by atoms with van der Waals surface area (Å²) in [4.78, 5) is 12.2. The van der Waals surface area contributed by atoms with Gasteiger partial charge in [0.05, 0.1) is 10.8 Å². The Morgan fingerprint density at radius 3 is 2.62 bits per heavy atom. The van der Waals surface area contributed by atoms with Crippen molar-refractivity contribution in [2.75, 3.05) is 19.6 Å². The lowest BCUT2D eigenvalue weighted by Gasteiger charge is -2.31. The average molecular weight is 310 g/mol. The highest BCUT2D eigenvalue weighted by molar-refractivity contribution is 7.89. The van der Waals surface area contributed by atoms with Gasteiger partial charge in [0.15, 0.2) is 0 Å². The summed E-state index contributed by atoms with van der Waals surface area (Å²) < 4.78 is 26.7. The van der Waals surface area contributed by atoms with Crippen LogP contribution in [-0.2, 0) is 14.8 Å². The molecule has 0 bridgehead atoms. The van der Waals surface area contributed by atoms with Crippen LogP contribution in [0.15, 0.2) is 29.2 Å². The molecule has 1 fully saturated rings. The molecule has 1 saturated heterocycles. The molecule has 6 heteroatoms. The van der Waals surface area contributed by atoms with Crippen molar-refractivity contribution >= 4 is 15.9 Å². The molecule has 0 aromatic heterocycles. The zero-order valence-corrected chi connectivity index (χ0v) is 13.3. The first-order valence-corrected chi connectivity index (χ1v) is 8.73. The number of hydrogen-bond donors (Lipinski definition) is 1. The third kappa shape index (κ3) is 3.63. The van der Waals surface area contributed by atoms with Crippen LogP contribution < -0.4 is 5.32 Å². The molecule has 0 radical (unpaired) electrons. The van der Waals surface area contributed by atoms with Crippen molar-refractivity contribution in [3.8, 4) is 0 Å². The van der Waals surface area contributed by atoms with E-state index < -0.39 is 10.0 Å². The number of rotatable bonds is 4. The molecule has 0 spiro atoms. The van der Waals surface area contributed by atoms with E-state index in [1.165, 1.54) is 4.31 Å². The van der Waals surface area contributed by atoms with Gasteiger partial charge in [0.2, 0.25) is 15.9 Å². The molecule has 1 aliphatic heterocycles. The second-order valence-corrected chi connectivity index (χ2v) is 7.35. The Labute approximate surface area is 126 Å². The zero-order chi connectivity index (χ0) is 15.5. The van der Waals surface area contributed by atoms with E-state index >= 15 is 0 Å². The number of nitrogens with zero attached hydrogens (tertiary/aromatic N) is 1. The van der Waals surface area contributed by atoms with Crippen molar-refractivity contribution in [2.24, 2.45) is 5.92 Å². The SMILES string of the molecule is CCNC(=O)[C@@H]1CCCN(S(=O)(=O)c2ccc(C)cc2)C1. The highest BCUT2D eigenvalue weighted by atomic mass is 32.2. The molecule has 2 rings (SSSR count). The van der Waals surface area contributed by atoms with Gasteiger partial charge in [-0.2, -0.15) is 4.31 Å². The summed E-state index contributed by atoms with van der Waals surface area (Å²) in [5, 5.41) is 2.77. The zero-order valence-electron chi connectivity index (χ0n) is 12.5. The third-order valence-corrected chi connectivity index (χ3v) is 5.64. The quantitative estimate of drug-likeness (QED) is 0.917. The molecule has 0 unspecified atom stereocenters. The molecule has 1 aromatic carbocycles. The Bertz CT molecular complexity index is 596. The lowest BCUT2D eigenvalue weighted by molar-refractivity contribution is -0.125. The number of benzene rings is 1. The van der Waals surface area contributed by atoms with Crippen LogP contribution in [0.4, 0.5) is 0 Å². The van der Waals surface area contributed by atoms with Gasteiger partial charge in [0, 0.05) is 19.6 Å². The van der Waals surface area contributed by atoms with Crippen LogP contribution in [0.3, 0.4) is 0 Å². The lowest BCUT2D eigenvalue weighted by atomic mass is 9.99. The molecule has 1 N–H and O–H groups in total. The predicted octanol–water partition coefficient (Wildman–Crippen LogP) is 1.53.